The molecule has 1 fully saturated rings. The zero-order chi connectivity index (χ0) is 17.9. The molecule has 1 aliphatic rings. The minimum absolute atomic E-state index is 0.00300. The summed E-state index contributed by atoms with van der Waals surface area (Å²) in [7, 11) is 0. The number of ether oxygens (including phenoxy) is 2. The van der Waals surface area contributed by atoms with Gasteiger partial charge in [0.1, 0.15) is 6.61 Å². The van der Waals surface area contributed by atoms with Crippen molar-refractivity contribution in [3.05, 3.63) is 48.2 Å². The Hall–Kier alpha value is -2.73. The van der Waals surface area contributed by atoms with Crippen molar-refractivity contribution in [2.75, 3.05) is 13.2 Å². The third-order valence-electron chi connectivity index (χ3n) is 4.62. The van der Waals surface area contributed by atoms with Crippen molar-refractivity contribution in [1.82, 2.24) is 14.8 Å². The van der Waals surface area contributed by atoms with Crippen molar-refractivity contribution < 1.29 is 14.3 Å². The van der Waals surface area contributed by atoms with Crippen LogP contribution in [-0.2, 0) is 16.0 Å². The summed E-state index contributed by atoms with van der Waals surface area (Å²) in [4.78, 5) is 17.5. The van der Waals surface area contributed by atoms with Crippen LogP contribution in [0.3, 0.4) is 0 Å². The molecule has 0 aliphatic carbocycles. The second-order valence-electron chi connectivity index (χ2n) is 6.35. The van der Waals surface area contributed by atoms with E-state index in [9.17, 15) is 4.79 Å². The van der Waals surface area contributed by atoms with Gasteiger partial charge in [-0.15, -0.1) is 0 Å². The highest BCUT2D eigenvalue weighted by molar-refractivity contribution is 6.03. The maximum atomic E-state index is 12.8. The molecule has 0 radical (unpaired) electrons. The molecule has 1 unspecified atom stereocenters. The Bertz CT molecular complexity index is 915. The lowest BCUT2D eigenvalue weighted by atomic mass is 10.1. The number of carbonyl (C=O) groups excluding carboxylic acids is 1. The summed E-state index contributed by atoms with van der Waals surface area (Å²) in [6, 6.07) is 11.6. The molecule has 0 spiro atoms. The van der Waals surface area contributed by atoms with E-state index in [-0.39, 0.29) is 18.7 Å². The van der Waals surface area contributed by atoms with E-state index in [2.05, 4.69) is 5.10 Å². The Morgan fingerprint density at radius 3 is 2.92 bits per heavy atom. The van der Waals surface area contributed by atoms with E-state index in [1.54, 1.807) is 16.9 Å². The van der Waals surface area contributed by atoms with Gasteiger partial charge in [-0.05, 0) is 25.8 Å². The monoisotopic (exact) mass is 351 g/mol. The summed E-state index contributed by atoms with van der Waals surface area (Å²) in [5.41, 5.74) is 2.87. The number of nitrogens with zero attached hydrogens (tertiary/aromatic N) is 3. The first-order valence-electron chi connectivity index (χ1n) is 8.97. The van der Waals surface area contributed by atoms with E-state index in [0.717, 1.165) is 30.7 Å². The lowest BCUT2D eigenvalue weighted by Crippen LogP contribution is -2.18. The first kappa shape index (κ1) is 16.7. The maximum absolute atomic E-state index is 12.8. The summed E-state index contributed by atoms with van der Waals surface area (Å²) >= 11 is 0. The summed E-state index contributed by atoms with van der Waals surface area (Å²) in [6.07, 6.45) is 3.64. The van der Waals surface area contributed by atoms with Gasteiger partial charge in [-0.25, -0.2) is 14.5 Å². The van der Waals surface area contributed by atoms with Crippen LogP contribution in [0.1, 0.15) is 30.1 Å². The molecule has 3 aromatic rings. The smallest absolute Gasteiger partial charge is 0.339 e. The van der Waals surface area contributed by atoms with Crippen molar-refractivity contribution >= 4 is 17.0 Å². The number of pyridine rings is 1. The van der Waals surface area contributed by atoms with Crippen molar-refractivity contribution in [3.63, 3.8) is 0 Å². The largest absolute Gasteiger partial charge is 0.459 e. The van der Waals surface area contributed by atoms with Crippen LogP contribution >= 0.6 is 0 Å². The quantitative estimate of drug-likeness (QED) is 0.659. The molecule has 3 heterocycles. The van der Waals surface area contributed by atoms with Crippen molar-refractivity contribution in [2.45, 2.75) is 32.4 Å². The summed E-state index contributed by atoms with van der Waals surface area (Å²) < 4.78 is 12.9. The fourth-order valence-corrected chi connectivity index (χ4v) is 3.23. The average molecular weight is 351 g/mol. The second kappa shape index (κ2) is 7.25. The summed E-state index contributed by atoms with van der Waals surface area (Å²) in [5, 5.41) is 5.06. The van der Waals surface area contributed by atoms with Crippen LogP contribution in [0.4, 0.5) is 0 Å². The number of benzene rings is 1. The molecule has 1 aliphatic heterocycles. The normalized spacial score (nSPS) is 16.9. The van der Waals surface area contributed by atoms with Crippen molar-refractivity contribution in [1.29, 1.82) is 0 Å². The highest BCUT2D eigenvalue weighted by Crippen LogP contribution is 2.25. The highest BCUT2D eigenvalue weighted by atomic mass is 16.6. The van der Waals surface area contributed by atoms with Crippen molar-refractivity contribution in [3.8, 4) is 11.3 Å². The predicted octanol–water partition coefficient (Wildman–Crippen LogP) is 3.45. The van der Waals surface area contributed by atoms with E-state index < -0.39 is 0 Å². The molecular weight excluding hydrogens is 330 g/mol. The predicted molar refractivity (Wildman–Crippen MR) is 97.9 cm³/mol. The number of hydrogen-bond acceptors (Lipinski definition) is 5. The summed E-state index contributed by atoms with van der Waals surface area (Å²) in [6.45, 7) is 3.70. The molecule has 6 heteroatoms. The van der Waals surface area contributed by atoms with E-state index >= 15 is 0 Å². The third kappa shape index (κ3) is 3.20. The van der Waals surface area contributed by atoms with Gasteiger partial charge in [-0.1, -0.05) is 30.3 Å². The van der Waals surface area contributed by atoms with Crippen LogP contribution in [0, 0.1) is 0 Å². The van der Waals surface area contributed by atoms with Gasteiger partial charge in [0, 0.05) is 18.7 Å². The molecule has 134 valence electrons. The van der Waals surface area contributed by atoms with Gasteiger partial charge in [0.05, 0.1) is 28.9 Å². The van der Waals surface area contributed by atoms with Crippen LogP contribution in [-0.4, -0.2) is 40.1 Å². The molecule has 0 N–H and O–H groups in total. The number of aryl methyl sites for hydroxylation is 1. The zero-order valence-corrected chi connectivity index (χ0v) is 14.7. The lowest BCUT2D eigenvalue weighted by Gasteiger charge is -2.12. The van der Waals surface area contributed by atoms with Crippen LogP contribution in [0.5, 0.6) is 0 Å². The van der Waals surface area contributed by atoms with Gasteiger partial charge in [-0.2, -0.15) is 5.10 Å². The molecule has 1 saturated heterocycles. The van der Waals surface area contributed by atoms with Crippen LogP contribution < -0.4 is 0 Å². The average Bonchev–Trinajstić information content (AvgIpc) is 3.35. The van der Waals surface area contributed by atoms with Crippen molar-refractivity contribution in [2.24, 2.45) is 0 Å². The third-order valence-corrected chi connectivity index (χ3v) is 4.62. The van der Waals surface area contributed by atoms with Gasteiger partial charge in [0.15, 0.2) is 5.65 Å². The number of rotatable bonds is 5. The Balaban J connectivity index is 1.72. The molecule has 6 nitrogen and oxygen atoms in total. The molecule has 4 rings (SSSR count). The minimum Gasteiger partial charge on any atom is -0.459 e. The van der Waals surface area contributed by atoms with Crippen LogP contribution in [0.15, 0.2) is 42.6 Å². The number of fused-ring (bicyclic) bond motifs is 1. The van der Waals surface area contributed by atoms with Gasteiger partial charge < -0.3 is 9.47 Å². The molecule has 1 aromatic carbocycles. The Morgan fingerprint density at radius 2 is 2.19 bits per heavy atom. The van der Waals surface area contributed by atoms with Gasteiger partial charge in [0.2, 0.25) is 0 Å². The minimum atomic E-state index is -0.360. The SMILES string of the molecule is CCn1ncc2c(C(=O)OCC3CCCO3)cc(-c3ccccc3)nc21. The first-order valence-corrected chi connectivity index (χ1v) is 8.97. The standard InChI is InChI=1S/C20H21N3O3/c1-2-23-19-17(12-21-23)16(20(24)26-13-15-9-6-10-25-15)11-18(22-19)14-7-4-3-5-8-14/h3-5,7-8,11-12,15H,2,6,9-10,13H2,1H3. The molecule has 0 bridgehead atoms. The Kier molecular flexibility index (Phi) is 4.67. The summed E-state index contributed by atoms with van der Waals surface area (Å²) in [5.74, 6) is -0.360. The first-order chi connectivity index (χ1) is 12.8. The highest BCUT2D eigenvalue weighted by Gasteiger charge is 2.21. The van der Waals surface area contributed by atoms with E-state index in [4.69, 9.17) is 14.5 Å². The van der Waals surface area contributed by atoms with Crippen LogP contribution in [0.25, 0.3) is 22.3 Å². The van der Waals surface area contributed by atoms with E-state index in [0.29, 0.717) is 23.1 Å². The lowest BCUT2D eigenvalue weighted by molar-refractivity contribution is 0.0163. The molecule has 1 atom stereocenters. The van der Waals surface area contributed by atoms with Gasteiger partial charge in [0.25, 0.3) is 0 Å². The molecule has 2 aromatic heterocycles. The van der Waals surface area contributed by atoms with Gasteiger partial charge >= 0.3 is 5.97 Å². The van der Waals surface area contributed by atoms with E-state index in [1.165, 1.54) is 0 Å². The van der Waals surface area contributed by atoms with Gasteiger partial charge in [-0.3, -0.25) is 0 Å². The number of carbonyl (C=O) groups is 1. The second-order valence-corrected chi connectivity index (χ2v) is 6.35. The molecule has 0 amide bonds. The Labute approximate surface area is 151 Å². The molecule has 26 heavy (non-hydrogen) atoms. The Morgan fingerprint density at radius 1 is 1.35 bits per heavy atom. The fraction of sp³-hybridized carbons (Fsp3) is 0.350. The number of hydrogen-bond donors (Lipinski definition) is 0. The maximum Gasteiger partial charge on any atom is 0.339 e. The fourth-order valence-electron chi connectivity index (χ4n) is 3.23. The van der Waals surface area contributed by atoms with Crippen LogP contribution in [0.2, 0.25) is 0 Å². The zero-order valence-electron chi connectivity index (χ0n) is 14.7. The number of aromatic nitrogens is 3. The molecule has 0 saturated carbocycles. The topological polar surface area (TPSA) is 66.2 Å². The number of esters is 1. The van der Waals surface area contributed by atoms with E-state index in [1.807, 2.05) is 37.3 Å². The molecular formula is C20H21N3O3.